The molecule has 6 aromatic carbocycles. The van der Waals surface area contributed by atoms with Gasteiger partial charge < -0.3 is 10.2 Å². The van der Waals surface area contributed by atoms with Gasteiger partial charge in [0, 0.05) is 12.0 Å². The molecule has 1 aliphatic carbocycles. The lowest BCUT2D eigenvalue weighted by molar-refractivity contribution is 0.197. The van der Waals surface area contributed by atoms with Crippen molar-refractivity contribution in [1.82, 2.24) is 0 Å². The average Bonchev–Trinajstić information content (AvgIpc) is 3.20. The van der Waals surface area contributed by atoms with E-state index in [1.807, 2.05) is 0 Å². The quantitative estimate of drug-likeness (QED) is 0.269. The molecule has 1 unspecified atom stereocenters. The van der Waals surface area contributed by atoms with Gasteiger partial charge in [-0.1, -0.05) is 91.0 Å². The lowest BCUT2D eigenvalue weighted by Gasteiger charge is -2.30. The summed E-state index contributed by atoms with van der Waals surface area (Å²) in [4.78, 5) is 0. The predicted molar refractivity (Wildman–Crippen MR) is 145 cm³/mol. The van der Waals surface area contributed by atoms with Gasteiger partial charge in [-0.05, 0) is 84.6 Å². The summed E-state index contributed by atoms with van der Waals surface area (Å²) in [6, 6.07) is 35.0. The van der Waals surface area contributed by atoms with Crippen LogP contribution in [-0.2, 0) is 5.41 Å². The summed E-state index contributed by atoms with van der Waals surface area (Å²) in [6.07, 6.45) is 1.36. The van der Waals surface area contributed by atoms with Crippen molar-refractivity contribution >= 4 is 32.3 Å². The Hall–Kier alpha value is -3.72. The molecule has 0 aromatic heterocycles. The Morgan fingerprint density at radius 1 is 0.571 bits per heavy atom. The maximum atomic E-state index is 10.8. The maximum absolute atomic E-state index is 10.8. The van der Waals surface area contributed by atoms with Crippen LogP contribution in [0, 0.1) is 0 Å². The average molecular weight is 455 g/mol. The summed E-state index contributed by atoms with van der Waals surface area (Å²) < 4.78 is 0. The standard InChI is InChI=1S/C33H26O2/c34-18-4-17-33(20-35)29-8-2-1-7-26(29)27-15-13-24(19-30(27)33)25-14-11-23-10-9-21-5-3-6-22-12-16-28(25)32(23)31(21)22/h1-3,5-16,19,34-35H,4,17-18,20H2. The lowest BCUT2D eigenvalue weighted by Crippen LogP contribution is -2.30. The van der Waals surface area contributed by atoms with Crippen molar-refractivity contribution in [1.29, 1.82) is 0 Å². The van der Waals surface area contributed by atoms with E-state index in [-0.39, 0.29) is 13.2 Å². The first-order valence-corrected chi connectivity index (χ1v) is 12.4. The molecular weight excluding hydrogens is 428 g/mol. The third kappa shape index (κ3) is 2.78. The number of hydrogen-bond acceptors (Lipinski definition) is 2. The Morgan fingerprint density at radius 3 is 2.06 bits per heavy atom. The van der Waals surface area contributed by atoms with Crippen LogP contribution in [0.1, 0.15) is 24.0 Å². The maximum Gasteiger partial charge on any atom is 0.0569 e. The third-order valence-electron chi connectivity index (χ3n) is 8.14. The van der Waals surface area contributed by atoms with Gasteiger partial charge in [0.25, 0.3) is 0 Å². The van der Waals surface area contributed by atoms with Crippen molar-refractivity contribution < 1.29 is 10.2 Å². The fraction of sp³-hybridized carbons (Fsp3) is 0.152. The SMILES string of the molecule is OCCCC1(CO)c2ccccc2-c2ccc(-c3ccc4ccc5cccc6ccc3c4c56)cc21. The number of aliphatic hydroxyl groups excluding tert-OH is 2. The first-order chi connectivity index (χ1) is 17.2. The molecule has 35 heavy (non-hydrogen) atoms. The molecule has 0 radical (unpaired) electrons. The van der Waals surface area contributed by atoms with Gasteiger partial charge in [0.1, 0.15) is 0 Å². The van der Waals surface area contributed by atoms with Crippen LogP contribution in [0.5, 0.6) is 0 Å². The summed E-state index contributed by atoms with van der Waals surface area (Å²) in [5.74, 6) is 0. The molecule has 0 spiro atoms. The highest BCUT2D eigenvalue weighted by molar-refractivity contribution is 6.25. The summed E-state index contributed by atoms with van der Waals surface area (Å²) in [6.45, 7) is 0.146. The smallest absolute Gasteiger partial charge is 0.0569 e. The molecule has 0 bridgehead atoms. The topological polar surface area (TPSA) is 40.5 Å². The summed E-state index contributed by atoms with van der Waals surface area (Å²) in [5, 5.41) is 28.1. The van der Waals surface area contributed by atoms with Gasteiger partial charge in [-0.15, -0.1) is 0 Å². The second kappa shape index (κ2) is 7.64. The van der Waals surface area contributed by atoms with Crippen molar-refractivity contribution in [2.75, 3.05) is 13.2 Å². The van der Waals surface area contributed by atoms with Gasteiger partial charge in [-0.3, -0.25) is 0 Å². The second-order valence-electron chi connectivity index (χ2n) is 9.84. The van der Waals surface area contributed by atoms with Crippen LogP contribution < -0.4 is 0 Å². The van der Waals surface area contributed by atoms with Crippen molar-refractivity contribution in [3.63, 3.8) is 0 Å². The Labute approximate surface area is 204 Å². The normalized spacial score (nSPS) is 16.9. The van der Waals surface area contributed by atoms with Crippen LogP contribution in [0.25, 0.3) is 54.6 Å². The van der Waals surface area contributed by atoms with Crippen molar-refractivity contribution in [2.24, 2.45) is 0 Å². The zero-order chi connectivity index (χ0) is 23.6. The predicted octanol–water partition coefficient (Wildman–Crippen LogP) is 7.28. The van der Waals surface area contributed by atoms with Gasteiger partial charge >= 0.3 is 0 Å². The molecule has 2 heteroatoms. The van der Waals surface area contributed by atoms with E-state index in [9.17, 15) is 10.2 Å². The number of benzene rings is 6. The number of fused-ring (bicyclic) bond motifs is 3. The molecule has 0 heterocycles. The summed E-state index contributed by atoms with van der Waals surface area (Å²) >= 11 is 0. The second-order valence-corrected chi connectivity index (χ2v) is 9.84. The molecule has 170 valence electrons. The molecule has 1 aliphatic rings. The van der Waals surface area contributed by atoms with E-state index in [0.29, 0.717) is 12.8 Å². The highest BCUT2D eigenvalue weighted by atomic mass is 16.3. The largest absolute Gasteiger partial charge is 0.396 e. The first-order valence-electron chi connectivity index (χ1n) is 12.4. The molecule has 0 saturated heterocycles. The van der Waals surface area contributed by atoms with Crippen molar-refractivity contribution in [3.05, 3.63) is 108 Å². The third-order valence-corrected chi connectivity index (χ3v) is 8.14. The molecule has 1 atom stereocenters. The van der Waals surface area contributed by atoms with Crippen LogP contribution in [0.15, 0.2) is 97.1 Å². The zero-order valence-electron chi connectivity index (χ0n) is 19.5. The van der Waals surface area contributed by atoms with Gasteiger partial charge in [0.05, 0.1) is 6.61 Å². The van der Waals surface area contributed by atoms with Crippen LogP contribution in [-0.4, -0.2) is 23.4 Å². The van der Waals surface area contributed by atoms with Gasteiger partial charge in [-0.25, -0.2) is 0 Å². The Morgan fingerprint density at radius 2 is 1.26 bits per heavy atom. The van der Waals surface area contributed by atoms with Crippen LogP contribution >= 0.6 is 0 Å². The zero-order valence-corrected chi connectivity index (χ0v) is 19.5. The van der Waals surface area contributed by atoms with E-state index >= 15 is 0 Å². The monoisotopic (exact) mass is 454 g/mol. The minimum Gasteiger partial charge on any atom is -0.396 e. The van der Waals surface area contributed by atoms with Crippen molar-refractivity contribution in [3.8, 4) is 22.3 Å². The molecule has 0 saturated carbocycles. The van der Waals surface area contributed by atoms with E-state index in [1.54, 1.807) is 0 Å². The lowest BCUT2D eigenvalue weighted by atomic mass is 9.74. The van der Waals surface area contributed by atoms with E-state index in [0.717, 1.165) is 11.1 Å². The van der Waals surface area contributed by atoms with E-state index < -0.39 is 5.41 Å². The number of rotatable bonds is 5. The van der Waals surface area contributed by atoms with Crippen LogP contribution in [0.3, 0.4) is 0 Å². The van der Waals surface area contributed by atoms with Gasteiger partial charge in [0.15, 0.2) is 0 Å². The van der Waals surface area contributed by atoms with Gasteiger partial charge in [0.2, 0.25) is 0 Å². The Kier molecular flexibility index (Phi) is 4.51. The minimum absolute atomic E-state index is 0.0267. The molecular formula is C33H26O2. The van der Waals surface area contributed by atoms with Crippen molar-refractivity contribution in [2.45, 2.75) is 18.3 Å². The molecule has 2 nitrogen and oxygen atoms in total. The molecule has 7 rings (SSSR count). The molecule has 0 fully saturated rings. The molecule has 2 N–H and O–H groups in total. The first kappa shape index (κ1) is 20.6. The molecule has 0 amide bonds. The van der Waals surface area contributed by atoms with Gasteiger partial charge in [-0.2, -0.15) is 0 Å². The minimum atomic E-state index is -0.492. The number of hydrogen-bond donors (Lipinski definition) is 2. The molecule has 6 aromatic rings. The summed E-state index contributed by atoms with van der Waals surface area (Å²) in [5.41, 5.74) is 6.59. The van der Waals surface area contributed by atoms with Crippen LogP contribution in [0.4, 0.5) is 0 Å². The fourth-order valence-electron chi connectivity index (χ4n) is 6.51. The fourth-order valence-corrected chi connectivity index (χ4v) is 6.51. The van der Waals surface area contributed by atoms with Crippen LogP contribution in [0.2, 0.25) is 0 Å². The highest BCUT2D eigenvalue weighted by Gasteiger charge is 2.42. The highest BCUT2D eigenvalue weighted by Crippen LogP contribution is 2.52. The Bertz CT molecular complexity index is 1720. The van der Waals surface area contributed by atoms with E-state index in [1.165, 1.54) is 54.6 Å². The molecule has 0 aliphatic heterocycles. The Balaban J connectivity index is 1.49. The number of aliphatic hydroxyl groups is 2. The van der Waals surface area contributed by atoms with E-state index in [4.69, 9.17) is 0 Å². The van der Waals surface area contributed by atoms with E-state index in [2.05, 4.69) is 97.1 Å². The summed E-state index contributed by atoms with van der Waals surface area (Å²) in [7, 11) is 0.